The molecule has 0 unspecified atom stereocenters. The van der Waals surface area contributed by atoms with E-state index in [0.717, 1.165) is 5.56 Å². The Balaban J connectivity index is 1.52. The molecule has 2 N–H and O–H groups in total. The molecule has 29 heavy (non-hydrogen) atoms. The Morgan fingerprint density at radius 1 is 1.17 bits per heavy atom. The third-order valence-electron chi connectivity index (χ3n) is 5.87. The highest BCUT2D eigenvalue weighted by Gasteiger charge is 2.65. The number of amides is 2. The molecular weight excluding hydrogens is 410 g/mol. The molecule has 2 heterocycles. The van der Waals surface area contributed by atoms with Crippen LogP contribution in [0.15, 0.2) is 52.1 Å². The lowest BCUT2D eigenvalue weighted by Crippen LogP contribution is -2.44. The quantitative estimate of drug-likeness (QED) is 0.723. The van der Waals surface area contributed by atoms with Gasteiger partial charge in [0, 0.05) is 26.1 Å². The van der Waals surface area contributed by atoms with Gasteiger partial charge in [0.1, 0.15) is 6.04 Å². The molecule has 1 saturated heterocycles. The predicted octanol–water partition coefficient (Wildman–Crippen LogP) is 1.58. The zero-order chi connectivity index (χ0) is 20.6. The highest BCUT2D eigenvalue weighted by Crippen LogP contribution is 2.61. The van der Waals surface area contributed by atoms with Crippen molar-refractivity contribution in [3.8, 4) is 0 Å². The van der Waals surface area contributed by atoms with E-state index in [4.69, 9.17) is 0 Å². The minimum Gasteiger partial charge on any atom is -0.358 e. The average molecular weight is 434 g/mol. The Hall–Kier alpha value is -2.23. The molecule has 2 fully saturated rings. The molecule has 1 saturated carbocycles. The molecule has 0 bridgehead atoms. The maximum absolute atomic E-state index is 13.2. The number of rotatable bonds is 6. The van der Waals surface area contributed by atoms with Crippen molar-refractivity contribution < 1.29 is 18.0 Å². The second kappa shape index (κ2) is 7.55. The molecule has 2 aliphatic rings. The van der Waals surface area contributed by atoms with Gasteiger partial charge in [-0.3, -0.25) is 9.59 Å². The number of likely N-dealkylation sites (N-methyl/N-ethyl adjacent to an activating group) is 1. The minimum atomic E-state index is -3.83. The Labute approximate surface area is 174 Å². The van der Waals surface area contributed by atoms with Crippen LogP contribution in [0.2, 0.25) is 0 Å². The van der Waals surface area contributed by atoms with Crippen LogP contribution >= 0.6 is 11.3 Å². The average Bonchev–Trinajstić information content (AvgIpc) is 3.07. The van der Waals surface area contributed by atoms with Gasteiger partial charge in [0.2, 0.25) is 21.8 Å². The molecule has 4 rings (SSSR count). The van der Waals surface area contributed by atoms with Crippen molar-refractivity contribution in [2.75, 3.05) is 13.6 Å². The molecule has 2 amide bonds. The molecule has 154 valence electrons. The number of nitrogens with zero attached hydrogens (tertiary/aromatic N) is 1. The molecule has 2 aromatic rings. The molecule has 7 nitrogen and oxygen atoms in total. The number of sulfonamides is 1. The second-order valence-electron chi connectivity index (χ2n) is 7.67. The van der Waals surface area contributed by atoms with Gasteiger partial charge in [0.15, 0.2) is 0 Å². The standard InChI is InChI=1S/C20H23N3O4S2/c1-21-19(25)17-10-20(9-16(20)18(24)22-11-14-7-8-28-12-14)13-23(17)29(26,27)15-5-3-2-4-6-15/h2-8,12,16-17H,9-11,13H2,1H3,(H,21,25)(H,22,24)/t16-,17+,20+/m1/s1. The monoisotopic (exact) mass is 433 g/mol. The molecule has 1 aliphatic heterocycles. The number of carbonyl (C=O) groups is 2. The second-order valence-corrected chi connectivity index (χ2v) is 10.3. The highest BCUT2D eigenvalue weighted by atomic mass is 32.2. The molecule has 1 aromatic carbocycles. The Kier molecular flexibility index (Phi) is 5.22. The first-order chi connectivity index (χ1) is 13.9. The minimum absolute atomic E-state index is 0.0779. The van der Waals surface area contributed by atoms with E-state index in [0.29, 0.717) is 19.4 Å². The number of carbonyl (C=O) groups excluding carboxylic acids is 2. The number of nitrogens with one attached hydrogen (secondary N) is 2. The van der Waals surface area contributed by atoms with Crippen LogP contribution in [0, 0.1) is 11.3 Å². The largest absolute Gasteiger partial charge is 0.358 e. The van der Waals surface area contributed by atoms with Gasteiger partial charge in [-0.1, -0.05) is 18.2 Å². The fraction of sp³-hybridized carbons (Fsp3) is 0.400. The lowest BCUT2D eigenvalue weighted by Gasteiger charge is -2.22. The van der Waals surface area contributed by atoms with Crippen LogP contribution in [-0.4, -0.2) is 44.2 Å². The molecule has 0 radical (unpaired) electrons. The summed E-state index contributed by atoms with van der Waals surface area (Å²) in [5.41, 5.74) is 0.568. The summed E-state index contributed by atoms with van der Waals surface area (Å²) in [4.78, 5) is 25.3. The smallest absolute Gasteiger partial charge is 0.243 e. The fourth-order valence-electron chi connectivity index (χ4n) is 4.17. The number of benzene rings is 1. The summed E-state index contributed by atoms with van der Waals surface area (Å²) in [6.07, 6.45) is 0.950. The maximum atomic E-state index is 13.2. The summed E-state index contributed by atoms with van der Waals surface area (Å²) in [7, 11) is -2.33. The first-order valence-electron chi connectivity index (χ1n) is 9.45. The summed E-state index contributed by atoms with van der Waals surface area (Å²) in [6, 6.07) is 9.27. The Morgan fingerprint density at radius 2 is 1.93 bits per heavy atom. The Bertz CT molecular complexity index is 1010. The zero-order valence-electron chi connectivity index (χ0n) is 16.0. The normalized spacial score (nSPS) is 26.4. The van der Waals surface area contributed by atoms with E-state index in [9.17, 15) is 18.0 Å². The van der Waals surface area contributed by atoms with Gasteiger partial charge in [-0.2, -0.15) is 15.6 Å². The summed E-state index contributed by atoms with van der Waals surface area (Å²) < 4.78 is 27.6. The summed E-state index contributed by atoms with van der Waals surface area (Å²) in [5.74, 6) is -0.694. The fourth-order valence-corrected chi connectivity index (χ4v) is 6.54. The van der Waals surface area contributed by atoms with Gasteiger partial charge in [0.05, 0.1) is 4.90 Å². The van der Waals surface area contributed by atoms with Crippen molar-refractivity contribution in [3.05, 3.63) is 52.7 Å². The van der Waals surface area contributed by atoms with Crippen LogP contribution in [0.5, 0.6) is 0 Å². The van der Waals surface area contributed by atoms with Gasteiger partial charge in [-0.15, -0.1) is 0 Å². The number of hydrogen-bond acceptors (Lipinski definition) is 5. The van der Waals surface area contributed by atoms with E-state index in [1.54, 1.807) is 29.5 Å². The van der Waals surface area contributed by atoms with Gasteiger partial charge in [-0.25, -0.2) is 8.42 Å². The van der Waals surface area contributed by atoms with Crippen molar-refractivity contribution in [1.29, 1.82) is 0 Å². The van der Waals surface area contributed by atoms with Gasteiger partial charge in [0.25, 0.3) is 0 Å². The maximum Gasteiger partial charge on any atom is 0.243 e. The van der Waals surface area contributed by atoms with Crippen LogP contribution in [-0.2, 0) is 26.2 Å². The van der Waals surface area contributed by atoms with Crippen molar-refractivity contribution in [1.82, 2.24) is 14.9 Å². The first-order valence-corrected chi connectivity index (χ1v) is 11.8. The van der Waals surface area contributed by atoms with E-state index in [-0.39, 0.29) is 29.2 Å². The van der Waals surface area contributed by atoms with E-state index in [1.807, 2.05) is 16.8 Å². The van der Waals surface area contributed by atoms with Crippen molar-refractivity contribution in [2.45, 2.75) is 30.3 Å². The lowest BCUT2D eigenvalue weighted by molar-refractivity contribution is -0.124. The van der Waals surface area contributed by atoms with Gasteiger partial charge in [-0.05, 0) is 52.8 Å². The topological polar surface area (TPSA) is 95.6 Å². The number of hydrogen-bond donors (Lipinski definition) is 2. The first kappa shape index (κ1) is 20.1. The SMILES string of the molecule is CNC(=O)[C@@H]1C[C@@]2(C[C@@H]2C(=O)NCc2ccsc2)CN1S(=O)(=O)c1ccccc1. The van der Waals surface area contributed by atoms with E-state index >= 15 is 0 Å². The van der Waals surface area contributed by atoms with Crippen LogP contribution < -0.4 is 10.6 Å². The lowest BCUT2D eigenvalue weighted by atomic mass is 9.99. The molecule has 9 heteroatoms. The Morgan fingerprint density at radius 3 is 2.59 bits per heavy atom. The van der Waals surface area contributed by atoms with E-state index < -0.39 is 21.5 Å². The van der Waals surface area contributed by atoms with E-state index in [2.05, 4.69) is 10.6 Å². The number of thiophene rings is 1. The van der Waals surface area contributed by atoms with Crippen molar-refractivity contribution >= 4 is 33.2 Å². The van der Waals surface area contributed by atoms with Crippen LogP contribution in [0.4, 0.5) is 0 Å². The van der Waals surface area contributed by atoms with Crippen molar-refractivity contribution in [2.24, 2.45) is 11.3 Å². The highest BCUT2D eigenvalue weighted by molar-refractivity contribution is 7.89. The molecule has 1 spiro atoms. The van der Waals surface area contributed by atoms with Gasteiger partial charge < -0.3 is 10.6 Å². The molecular formula is C20H23N3O4S2. The molecule has 1 aromatic heterocycles. The van der Waals surface area contributed by atoms with Crippen molar-refractivity contribution in [3.63, 3.8) is 0 Å². The molecule has 3 atom stereocenters. The summed E-state index contributed by atoms with van der Waals surface area (Å²) in [6.45, 7) is 0.638. The van der Waals surface area contributed by atoms with Crippen LogP contribution in [0.3, 0.4) is 0 Å². The van der Waals surface area contributed by atoms with Crippen LogP contribution in [0.1, 0.15) is 18.4 Å². The molecule has 1 aliphatic carbocycles. The van der Waals surface area contributed by atoms with Crippen LogP contribution in [0.25, 0.3) is 0 Å². The third-order valence-corrected chi connectivity index (χ3v) is 8.47. The summed E-state index contributed by atoms with van der Waals surface area (Å²) in [5, 5.41) is 9.45. The zero-order valence-corrected chi connectivity index (χ0v) is 17.6. The third kappa shape index (κ3) is 3.70. The summed E-state index contributed by atoms with van der Waals surface area (Å²) >= 11 is 1.57. The predicted molar refractivity (Wildman–Crippen MR) is 110 cm³/mol. The van der Waals surface area contributed by atoms with E-state index in [1.165, 1.54) is 23.5 Å². The van der Waals surface area contributed by atoms with Gasteiger partial charge >= 0.3 is 0 Å².